The van der Waals surface area contributed by atoms with Crippen molar-refractivity contribution in [3.8, 4) is 0 Å². The van der Waals surface area contributed by atoms with Crippen molar-refractivity contribution in [2.75, 3.05) is 39.3 Å². The van der Waals surface area contributed by atoms with Crippen molar-refractivity contribution in [3.63, 3.8) is 0 Å². The summed E-state index contributed by atoms with van der Waals surface area (Å²) < 4.78 is 6.53. The zero-order valence-corrected chi connectivity index (χ0v) is 18.8. The van der Waals surface area contributed by atoms with E-state index in [-0.39, 0.29) is 12.0 Å². The highest BCUT2D eigenvalue weighted by Gasteiger charge is 2.28. The number of nitrogens with one attached hydrogen (secondary N) is 1. The van der Waals surface area contributed by atoms with Gasteiger partial charge < -0.3 is 19.9 Å². The highest BCUT2D eigenvalue weighted by molar-refractivity contribution is 7.20. The molecule has 8 heteroatoms. The second-order valence-electron chi connectivity index (χ2n) is 9.03. The lowest BCUT2D eigenvalue weighted by molar-refractivity contribution is 0.0204. The Hall–Kier alpha value is -2.19. The summed E-state index contributed by atoms with van der Waals surface area (Å²) in [6, 6.07) is 6.35. The zero-order valence-electron chi connectivity index (χ0n) is 17.9. The Morgan fingerprint density at radius 2 is 1.80 bits per heavy atom. The van der Waals surface area contributed by atoms with Crippen LogP contribution in [0.15, 0.2) is 18.2 Å². The predicted molar refractivity (Wildman–Crippen MR) is 118 cm³/mol. The minimum atomic E-state index is -0.469. The molecule has 0 saturated carbocycles. The molecule has 0 bridgehead atoms. The van der Waals surface area contributed by atoms with Gasteiger partial charge >= 0.3 is 6.09 Å². The molecular formula is C22H30N4O3S. The third-order valence-electron chi connectivity index (χ3n) is 5.62. The summed E-state index contributed by atoms with van der Waals surface area (Å²) in [6.45, 7) is 10.2. The van der Waals surface area contributed by atoms with Crippen LogP contribution in [0, 0.1) is 0 Å². The standard InChI is InChI=1S/C22H30N4O3S/c1-22(2,3)29-21(28)26-10-6-15(7-11-26)16-4-5-18-17(14-16)24-19(30-18)20(27)25-12-8-23-9-13-25/h4-5,14-15,23H,6-13H2,1-3H3. The van der Waals surface area contributed by atoms with E-state index in [1.165, 1.54) is 16.9 Å². The molecule has 30 heavy (non-hydrogen) atoms. The van der Waals surface area contributed by atoms with Gasteiger partial charge in [0.25, 0.3) is 5.91 Å². The number of thiazole rings is 1. The van der Waals surface area contributed by atoms with Crippen LogP contribution in [0.2, 0.25) is 0 Å². The van der Waals surface area contributed by atoms with Gasteiger partial charge in [-0.3, -0.25) is 4.79 Å². The molecule has 3 heterocycles. The maximum Gasteiger partial charge on any atom is 0.410 e. The first-order valence-electron chi connectivity index (χ1n) is 10.7. The highest BCUT2D eigenvalue weighted by Crippen LogP contribution is 2.32. The molecular weight excluding hydrogens is 400 g/mol. The number of piperidine rings is 1. The molecule has 2 aliphatic rings. The van der Waals surface area contributed by atoms with E-state index in [1.54, 1.807) is 4.90 Å². The van der Waals surface area contributed by atoms with Crippen molar-refractivity contribution in [1.82, 2.24) is 20.1 Å². The first-order valence-corrected chi connectivity index (χ1v) is 11.5. The fraction of sp³-hybridized carbons (Fsp3) is 0.591. The molecule has 2 fully saturated rings. The van der Waals surface area contributed by atoms with Crippen LogP contribution < -0.4 is 5.32 Å². The summed E-state index contributed by atoms with van der Waals surface area (Å²) in [5.41, 5.74) is 1.66. The number of fused-ring (bicyclic) bond motifs is 1. The van der Waals surface area contributed by atoms with Crippen molar-refractivity contribution < 1.29 is 14.3 Å². The van der Waals surface area contributed by atoms with Gasteiger partial charge in [0.2, 0.25) is 0 Å². The van der Waals surface area contributed by atoms with E-state index in [2.05, 4.69) is 28.5 Å². The molecule has 2 amide bonds. The molecule has 7 nitrogen and oxygen atoms in total. The third kappa shape index (κ3) is 4.75. The van der Waals surface area contributed by atoms with Crippen molar-refractivity contribution >= 4 is 33.6 Å². The Kier molecular flexibility index (Phi) is 5.97. The van der Waals surface area contributed by atoms with Gasteiger partial charge in [-0.1, -0.05) is 6.07 Å². The van der Waals surface area contributed by atoms with Gasteiger partial charge in [0.05, 0.1) is 10.2 Å². The van der Waals surface area contributed by atoms with Crippen LogP contribution >= 0.6 is 11.3 Å². The number of aromatic nitrogens is 1. The Balaban J connectivity index is 1.42. The molecule has 162 valence electrons. The molecule has 1 aromatic heterocycles. The fourth-order valence-corrected chi connectivity index (χ4v) is 4.93. The number of rotatable bonds is 2. The van der Waals surface area contributed by atoms with E-state index in [1.807, 2.05) is 25.7 Å². The third-order valence-corrected chi connectivity index (χ3v) is 6.64. The molecule has 0 atom stereocenters. The Labute approximate surface area is 181 Å². The number of carbonyl (C=O) groups is 2. The van der Waals surface area contributed by atoms with Crippen LogP contribution in [-0.2, 0) is 4.74 Å². The summed E-state index contributed by atoms with van der Waals surface area (Å²) in [4.78, 5) is 33.4. The topological polar surface area (TPSA) is 74.8 Å². The van der Waals surface area contributed by atoms with Gasteiger partial charge in [0.1, 0.15) is 5.60 Å². The Bertz CT molecular complexity index is 922. The second kappa shape index (κ2) is 8.51. The van der Waals surface area contributed by atoms with Crippen molar-refractivity contribution in [1.29, 1.82) is 0 Å². The first-order chi connectivity index (χ1) is 14.3. The average molecular weight is 431 g/mol. The van der Waals surface area contributed by atoms with E-state index in [0.29, 0.717) is 24.0 Å². The fourth-order valence-electron chi connectivity index (χ4n) is 4.01. The van der Waals surface area contributed by atoms with Crippen LogP contribution in [0.4, 0.5) is 4.79 Å². The summed E-state index contributed by atoms with van der Waals surface area (Å²) >= 11 is 1.47. The highest BCUT2D eigenvalue weighted by atomic mass is 32.1. The number of benzene rings is 1. The minimum Gasteiger partial charge on any atom is -0.444 e. The smallest absolute Gasteiger partial charge is 0.410 e. The summed E-state index contributed by atoms with van der Waals surface area (Å²) in [6.07, 6.45) is 1.58. The van der Waals surface area contributed by atoms with Gasteiger partial charge in [-0.05, 0) is 57.2 Å². The van der Waals surface area contributed by atoms with Crippen molar-refractivity contribution in [2.24, 2.45) is 0 Å². The number of ether oxygens (including phenoxy) is 1. The Morgan fingerprint density at radius 1 is 1.10 bits per heavy atom. The molecule has 0 spiro atoms. The van der Waals surface area contributed by atoms with Gasteiger partial charge in [0.15, 0.2) is 5.01 Å². The van der Waals surface area contributed by atoms with E-state index in [9.17, 15) is 9.59 Å². The number of hydrogen-bond acceptors (Lipinski definition) is 6. The quantitative estimate of drug-likeness (QED) is 0.790. The van der Waals surface area contributed by atoms with Crippen molar-refractivity contribution in [3.05, 3.63) is 28.8 Å². The monoisotopic (exact) mass is 430 g/mol. The lowest BCUT2D eigenvalue weighted by Gasteiger charge is -2.33. The molecule has 0 unspecified atom stereocenters. The number of amides is 2. The van der Waals surface area contributed by atoms with Crippen LogP contribution in [0.5, 0.6) is 0 Å². The normalized spacial score (nSPS) is 18.6. The summed E-state index contributed by atoms with van der Waals surface area (Å²) in [5.74, 6) is 0.423. The van der Waals surface area contributed by atoms with Crippen LogP contribution in [0.25, 0.3) is 10.2 Å². The molecule has 4 rings (SSSR count). The van der Waals surface area contributed by atoms with E-state index in [0.717, 1.165) is 49.2 Å². The van der Waals surface area contributed by atoms with Gasteiger partial charge in [0, 0.05) is 39.3 Å². The van der Waals surface area contributed by atoms with Gasteiger partial charge in [-0.25, -0.2) is 9.78 Å². The average Bonchev–Trinajstić information content (AvgIpc) is 3.16. The lowest BCUT2D eigenvalue weighted by atomic mass is 9.89. The van der Waals surface area contributed by atoms with Crippen molar-refractivity contribution in [2.45, 2.75) is 45.1 Å². The molecule has 0 aliphatic carbocycles. The maximum absolute atomic E-state index is 12.8. The van der Waals surface area contributed by atoms with Crippen LogP contribution in [0.1, 0.15) is 54.9 Å². The van der Waals surface area contributed by atoms with Crippen LogP contribution in [0.3, 0.4) is 0 Å². The number of carbonyl (C=O) groups excluding carboxylic acids is 2. The van der Waals surface area contributed by atoms with Gasteiger partial charge in [-0.15, -0.1) is 11.3 Å². The van der Waals surface area contributed by atoms with Gasteiger partial charge in [-0.2, -0.15) is 0 Å². The van der Waals surface area contributed by atoms with E-state index in [4.69, 9.17) is 4.74 Å². The SMILES string of the molecule is CC(C)(C)OC(=O)N1CCC(c2ccc3sc(C(=O)N4CCNCC4)nc3c2)CC1. The predicted octanol–water partition coefficient (Wildman–Crippen LogP) is 3.46. The summed E-state index contributed by atoms with van der Waals surface area (Å²) in [5, 5.41) is 3.84. The number of nitrogens with zero attached hydrogens (tertiary/aromatic N) is 3. The molecule has 1 aromatic carbocycles. The van der Waals surface area contributed by atoms with E-state index < -0.39 is 5.60 Å². The summed E-state index contributed by atoms with van der Waals surface area (Å²) in [7, 11) is 0. The molecule has 1 N–H and O–H groups in total. The zero-order chi connectivity index (χ0) is 21.3. The lowest BCUT2D eigenvalue weighted by Crippen LogP contribution is -2.46. The number of likely N-dealkylation sites (tertiary alicyclic amines) is 1. The Morgan fingerprint density at radius 3 is 2.47 bits per heavy atom. The first kappa shape index (κ1) is 21.1. The number of hydrogen-bond donors (Lipinski definition) is 1. The molecule has 2 saturated heterocycles. The van der Waals surface area contributed by atoms with Crippen LogP contribution in [-0.4, -0.2) is 71.7 Å². The minimum absolute atomic E-state index is 0.0323. The number of piperazine rings is 1. The van der Waals surface area contributed by atoms with E-state index >= 15 is 0 Å². The second-order valence-corrected chi connectivity index (χ2v) is 10.1. The molecule has 2 aliphatic heterocycles. The maximum atomic E-state index is 12.8. The molecule has 2 aromatic rings. The largest absolute Gasteiger partial charge is 0.444 e. The molecule has 0 radical (unpaired) electrons.